The van der Waals surface area contributed by atoms with Crippen molar-refractivity contribution in [1.29, 1.82) is 0 Å². The van der Waals surface area contributed by atoms with Gasteiger partial charge >= 0.3 is 0 Å². The van der Waals surface area contributed by atoms with Crippen LogP contribution >= 0.6 is 0 Å². The van der Waals surface area contributed by atoms with Crippen LogP contribution in [-0.4, -0.2) is 33.4 Å². The lowest BCUT2D eigenvalue weighted by Crippen LogP contribution is -2.27. The highest BCUT2D eigenvalue weighted by molar-refractivity contribution is 6.08. The van der Waals surface area contributed by atoms with E-state index in [1.165, 1.54) is 4.80 Å². The van der Waals surface area contributed by atoms with Crippen LogP contribution in [0.15, 0.2) is 54.6 Å². The summed E-state index contributed by atoms with van der Waals surface area (Å²) in [6.45, 7) is 2.40. The van der Waals surface area contributed by atoms with Gasteiger partial charge < -0.3 is 10.6 Å². The molecule has 1 aliphatic carbocycles. The number of aromatic nitrogens is 3. The molecule has 7 nitrogen and oxygen atoms in total. The zero-order valence-electron chi connectivity index (χ0n) is 15.6. The van der Waals surface area contributed by atoms with Gasteiger partial charge in [-0.15, -0.1) is 5.10 Å². The summed E-state index contributed by atoms with van der Waals surface area (Å²) in [4.78, 5) is 26.7. The molecular formula is C21H21N5O2. The molecular weight excluding hydrogens is 354 g/mol. The van der Waals surface area contributed by atoms with Gasteiger partial charge in [-0.3, -0.25) is 9.59 Å². The quantitative estimate of drug-likeness (QED) is 0.693. The maximum Gasteiger partial charge on any atom is 0.278 e. The number of nitrogens with one attached hydrogen (secondary N) is 2. The monoisotopic (exact) mass is 375 g/mol. The molecule has 2 amide bonds. The minimum absolute atomic E-state index is 0.188. The first-order chi connectivity index (χ1) is 13.6. The molecule has 142 valence electrons. The van der Waals surface area contributed by atoms with E-state index in [0.29, 0.717) is 29.4 Å². The molecule has 1 aliphatic rings. The van der Waals surface area contributed by atoms with Gasteiger partial charge in [-0.05, 0) is 49.9 Å². The molecule has 0 unspecified atom stereocenters. The van der Waals surface area contributed by atoms with E-state index in [9.17, 15) is 9.59 Å². The topological polar surface area (TPSA) is 88.9 Å². The molecule has 4 rings (SSSR count). The largest absolute Gasteiger partial charge is 0.352 e. The molecule has 0 radical (unpaired) electrons. The number of carbonyl (C=O) groups excluding carboxylic acids is 2. The molecule has 7 heteroatoms. The van der Waals surface area contributed by atoms with Gasteiger partial charge in [0.15, 0.2) is 5.69 Å². The van der Waals surface area contributed by atoms with Crippen molar-refractivity contribution in [2.75, 3.05) is 11.9 Å². The summed E-state index contributed by atoms with van der Waals surface area (Å²) >= 11 is 0. The maximum atomic E-state index is 12.8. The number of rotatable bonds is 6. The summed E-state index contributed by atoms with van der Waals surface area (Å²) in [7, 11) is 0. The number of carbonyl (C=O) groups is 2. The van der Waals surface area contributed by atoms with E-state index in [1.807, 2.05) is 30.3 Å². The van der Waals surface area contributed by atoms with Crippen LogP contribution in [-0.2, 0) is 0 Å². The van der Waals surface area contributed by atoms with Crippen LogP contribution in [0.5, 0.6) is 0 Å². The second kappa shape index (κ2) is 7.64. The Morgan fingerprint density at radius 1 is 1.00 bits per heavy atom. The third kappa shape index (κ3) is 3.93. The Balaban J connectivity index is 1.52. The first-order valence-corrected chi connectivity index (χ1v) is 9.30. The number of para-hydroxylation sites is 2. The smallest absolute Gasteiger partial charge is 0.278 e. The summed E-state index contributed by atoms with van der Waals surface area (Å²) < 4.78 is 0. The zero-order chi connectivity index (χ0) is 19.5. The lowest BCUT2D eigenvalue weighted by atomic mass is 10.1. The van der Waals surface area contributed by atoms with Crippen LogP contribution in [0, 0.1) is 12.8 Å². The molecule has 28 heavy (non-hydrogen) atoms. The summed E-state index contributed by atoms with van der Waals surface area (Å²) in [5.74, 6) is -0.00374. The van der Waals surface area contributed by atoms with Crippen LogP contribution in [0.2, 0.25) is 0 Å². The number of nitrogens with zero attached hydrogens (tertiary/aromatic N) is 3. The lowest BCUT2D eigenvalue weighted by molar-refractivity contribution is 0.0952. The SMILES string of the molecule is Cc1nn(-c2ccccc2)nc1C(=O)Nc1ccccc1C(=O)NCC1CC1. The van der Waals surface area contributed by atoms with Crippen molar-refractivity contribution in [1.82, 2.24) is 20.3 Å². The molecule has 0 spiro atoms. The molecule has 0 bridgehead atoms. The molecule has 0 atom stereocenters. The fourth-order valence-corrected chi connectivity index (χ4v) is 2.89. The predicted molar refractivity (Wildman–Crippen MR) is 106 cm³/mol. The average molecular weight is 375 g/mol. The number of anilines is 1. The van der Waals surface area contributed by atoms with E-state index in [-0.39, 0.29) is 11.6 Å². The molecule has 2 aromatic carbocycles. The van der Waals surface area contributed by atoms with E-state index in [4.69, 9.17) is 0 Å². The lowest BCUT2D eigenvalue weighted by Gasteiger charge is -2.10. The van der Waals surface area contributed by atoms with E-state index >= 15 is 0 Å². The fourth-order valence-electron chi connectivity index (χ4n) is 2.89. The molecule has 1 fully saturated rings. The van der Waals surface area contributed by atoms with Gasteiger partial charge in [-0.1, -0.05) is 30.3 Å². The van der Waals surface area contributed by atoms with Gasteiger partial charge in [0.2, 0.25) is 0 Å². The van der Waals surface area contributed by atoms with Crippen molar-refractivity contribution in [3.63, 3.8) is 0 Å². The minimum Gasteiger partial charge on any atom is -0.352 e. The Kier molecular flexibility index (Phi) is 4.89. The summed E-state index contributed by atoms with van der Waals surface area (Å²) in [5, 5.41) is 14.4. The first kappa shape index (κ1) is 17.9. The molecule has 0 saturated heterocycles. The summed E-state index contributed by atoms with van der Waals surface area (Å²) in [6.07, 6.45) is 2.32. The highest BCUT2D eigenvalue weighted by Gasteiger charge is 2.23. The van der Waals surface area contributed by atoms with E-state index in [0.717, 1.165) is 18.5 Å². The molecule has 1 aromatic heterocycles. The number of hydrogen-bond donors (Lipinski definition) is 2. The van der Waals surface area contributed by atoms with E-state index in [2.05, 4.69) is 20.8 Å². The maximum absolute atomic E-state index is 12.8. The Morgan fingerprint density at radius 2 is 1.71 bits per heavy atom. The van der Waals surface area contributed by atoms with Crippen molar-refractivity contribution < 1.29 is 9.59 Å². The second-order valence-electron chi connectivity index (χ2n) is 6.91. The van der Waals surface area contributed by atoms with Crippen LogP contribution in [0.1, 0.15) is 39.4 Å². The van der Waals surface area contributed by atoms with Gasteiger partial charge in [-0.25, -0.2) is 0 Å². The van der Waals surface area contributed by atoms with Crippen molar-refractivity contribution in [3.05, 3.63) is 71.5 Å². The average Bonchev–Trinajstić information content (AvgIpc) is 3.47. The molecule has 1 saturated carbocycles. The number of hydrogen-bond acceptors (Lipinski definition) is 4. The van der Waals surface area contributed by atoms with Crippen LogP contribution in [0.3, 0.4) is 0 Å². The summed E-state index contributed by atoms with van der Waals surface area (Å²) in [5.41, 5.74) is 2.39. The van der Waals surface area contributed by atoms with E-state index in [1.54, 1.807) is 31.2 Å². The number of amides is 2. The molecule has 1 heterocycles. The normalized spacial score (nSPS) is 13.2. The van der Waals surface area contributed by atoms with Crippen molar-refractivity contribution in [2.45, 2.75) is 19.8 Å². The highest BCUT2D eigenvalue weighted by atomic mass is 16.2. The third-order valence-electron chi connectivity index (χ3n) is 4.65. The van der Waals surface area contributed by atoms with Crippen LogP contribution < -0.4 is 10.6 Å². The van der Waals surface area contributed by atoms with Crippen LogP contribution in [0.4, 0.5) is 5.69 Å². The molecule has 2 N–H and O–H groups in total. The number of aryl methyl sites for hydroxylation is 1. The second-order valence-corrected chi connectivity index (χ2v) is 6.91. The van der Waals surface area contributed by atoms with Crippen molar-refractivity contribution in [2.24, 2.45) is 5.92 Å². The van der Waals surface area contributed by atoms with Gasteiger partial charge in [0, 0.05) is 6.54 Å². The fraction of sp³-hybridized carbons (Fsp3) is 0.238. The van der Waals surface area contributed by atoms with E-state index < -0.39 is 5.91 Å². The molecule has 3 aromatic rings. The Labute approximate surface area is 162 Å². The molecule has 0 aliphatic heterocycles. The first-order valence-electron chi connectivity index (χ1n) is 9.30. The number of benzene rings is 2. The van der Waals surface area contributed by atoms with Crippen molar-refractivity contribution >= 4 is 17.5 Å². The Hall–Kier alpha value is -3.48. The standard InChI is InChI=1S/C21H21N5O2/c1-14-19(25-26(24-14)16-7-3-2-4-8-16)21(28)23-18-10-6-5-9-17(18)20(27)22-13-15-11-12-15/h2-10,15H,11-13H2,1H3,(H,22,27)(H,23,28). The van der Waals surface area contributed by atoms with Gasteiger partial charge in [0.1, 0.15) is 0 Å². The highest BCUT2D eigenvalue weighted by Crippen LogP contribution is 2.28. The minimum atomic E-state index is -0.401. The van der Waals surface area contributed by atoms with Crippen LogP contribution in [0.25, 0.3) is 5.69 Å². The van der Waals surface area contributed by atoms with Gasteiger partial charge in [0.25, 0.3) is 11.8 Å². The Morgan fingerprint density at radius 3 is 2.46 bits per heavy atom. The predicted octanol–water partition coefficient (Wildman–Crippen LogP) is 2.97. The van der Waals surface area contributed by atoms with Crippen molar-refractivity contribution in [3.8, 4) is 5.69 Å². The zero-order valence-corrected chi connectivity index (χ0v) is 15.6. The van der Waals surface area contributed by atoms with Gasteiger partial charge in [-0.2, -0.15) is 9.90 Å². The Bertz CT molecular complexity index is 1010. The van der Waals surface area contributed by atoms with Gasteiger partial charge in [0.05, 0.1) is 22.6 Å². The third-order valence-corrected chi connectivity index (χ3v) is 4.65. The summed E-state index contributed by atoms with van der Waals surface area (Å²) in [6, 6.07) is 16.3.